The van der Waals surface area contributed by atoms with E-state index in [4.69, 9.17) is 4.74 Å². The van der Waals surface area contributed by atoms with Gasteiger partial charge in [-0.25, -0.2) is 0 Å². The summed E-state index contributed by atoms with van der Waals surface area (Å²) >= 11 is 0. The third kappa shape index (κ3) is 1.94. The van der Waals surface area contributed by atoms with Crippen LogP contribution in [0.5, 0.6) is 5.75 Å². The van der Waals surface area contributed by atoms with Crippen LogP contribution < -0.4 is 10.1 Å². The molecule has 0 aliphatic carbocycles. The minimum Gasteiger partial charge on any atom is -0.406 e. The average Bonchev–Trinajstić information content (AvgIpc) is 2.87. The Morgan fingerprint density at radius 1 is 1.37 bits per heavy atom. The molecule has 1 spiro atoms. The normalized spacial score (nSPS) is 25.5. The molecule has 1 aromatic carbocycles. The Balaban J connectivity index is 2.01. The number of halogens is 3. The van der Waals surface area contributed by atoms with Crippen molar-refractivity contribution in [1.82, 2.24) is 0 Å². The van der Waals surface area contributed by atoms with Crippen LogP contribution in [-0.4, -0.2) is 25.5 Å². The summed E-state index contributed by atoms with van der Waals surface area (Å²) < 4.78 is 45.7. The maximum Gasteiger partial charge on any atom is 0.573 e. The van der Waals surface area contributed by atoms with Crippen molar-refractivity contribution in [2.45, 2.75) is 18.2 Å². The van der Waals surface area contributed by atoms with Gasteiger partial charge in [-0.1, -0.05) is 0 Å². The Hall–Kier alpha value is -1.76. The van der Waals surface area contributed by atoms with Gasteiger partial charge in [0, 0.05) is 12.3 Å². The van der Waals surface area contributed by atoms with Gasteiger partial charge in [0.05, 0.1) is 6.61 Å². The van der Waals surface area contributed by atoms with E-state index in [2.05, 4.69) is 10.1 Å². The van der Waals surface area contributed by atoms with Crippen molar-refractivity contribution in [2.75, 3.05) is 18.5 Å². The number of alkyl halides is 3. The number of nitrogens with one attached hydrogen (secondary N) is 1. The van der Waals surface area contributed by atoms with Gasteiger partial charge in [0.25, 0.3) is 0 Å². The van der Waals surface area contributed by atoms with E-state index in [0.717, 1.165) is 0 Å². The summed E-state index contributed by atoms with van der Waals surface area (Å²) in [6.07, 6.45) is -4.29. The number of rotatable bonds is 1. The molecule has 7 heteroatoms. The highest BCUT2D eigenvalue weighted by Crippen LogP contribution is 2.45. The van der Waals surface area contributed by atoms with Crippen molar-refractivity contribution in [3.63, 3.8) is 0 Å². The lowest BCUT2D eigenvalue weighted by atomic mass is 9.81. The van der Waals surface area contributed by atoms with Gasteiger partial charge in [0.15, 0.2) is 0 Å². The molecule has 0 saturated carbocycles. The molecule has 0 bridgehead atoms. The monoisotopic (exact) mass is 273 g/mol. The summed E-state index contributed by atoms with van der Waals surface area (Å²) in [7, 11) is 0. The standard InChI is InChI=1S/C12H10F3NO3/c13-12(14,15)19-7-1-2-9-8(5-7)11(10(17)16-9)3-4-18-6-11/h1-2,5H,3-4,6H2,(H,16,17). The Morgan fingerprint density at radius 3 is 2.79 bits per heavy atom. The van der Waals surface area contributed by atoms with Gasteiger partial charge in [-0.3, -0.25) is 4.79 Å². The molecular weight excluding hydrogens is 263 g/mol. The lowest BCUT2D eigenvalue weighted by Gasteiger charge is -2.19. The van der Waals surface area contributed by atoms with Gasteiger partial charge < -0.3 is 14.8 Å². The van der Waals surface area contributed by atoms with Crippen LogP contribution in [0.1, 0.15) is 12.0 Å². The maximum atomic E-state index is 12.2. The summed E-state index contributed by atoms with van der Waals surface area (Å²) in [5.74, 6) is -0.557. The number of hydrogen-bond acceptors (Lipinski definition) is 3. The first-order valence-electron chi connectivity index (χ1n) is 5.70. The Labute approximate surface area is 106 Å². The minimum absolute atomic E-state index is 0.182. The van der Waals surface area contributed by atoms with Crippen LogP contribution in [0, 0.1) is 0 Å². The second-order valence-electron chi connectivity index (χ2n) is 4.59. The van der Waals surface area contributed by atoms with Gasteiger partial charge in [-0.05, 0) is 30.2 Å². The Morgan fingerprint density at radius 2 is 2.16 bits per heavy atom. The summed E-state index contributed by atoms with van der Waals surface area (Å²) in [5.41, 5.74) is 0.155. The molecule has 0 aromatic heterocycles. The van der Waals surface area contributed by atoms with Gasteiger partial charge in [-0.2, -0.15) is 0 Å². The molecule has 2 aliphatic rings. The van der Waals surface area contributed by atoms with Crippen LogP contribution in [0.2, 0.25) is 0 Å². The van der Waals surface area contributed by atoms with Crippen molar-refractivity contribution in [2.24, 2.45) is 0 Å². The van der Waals surface area contributed by atoms with E-state index in [1.165, 1.54) is 18.2 Å². The second kappa shape index (κ2) is 3.86. The highest BCUT2D eigenvalue weighted by Gasteiger charge is 2.50. The zero-order chi connectivity index (χ0) is 13.7. The highest BCUT2D eigenvalue weighted by molar-refractivity contribution is 6.06. The molecule has 2 heterocycles. The topological polar surface area (TPSA) is 47.6 Å². The van der Waals surface area contributed by atoms with Crippen LogP contribution in [-0.2, 0) is 14.9 Å². The molecule has 1 aromatic rings. The summed E-state index contributed by atoms with van der Waals surface area (Å²) in [4.78, 5) is 12.0. The van der Waals surface area contributed by atoms with Crippen molar-refractivity contribution in [1.29, 1.82) is 0 Å². The number of carbonyl (C=O) groups excluding carboxylic acids is 1. The fraction of sp³-hybridized carbons (Fsp3) is 0.417. The van der Waals surface area contributed by atoms with Crippen molar-refractivity contribution >= 4 is 11.6 Å². The first-order valence-corrected chi connectivity index (χ1v) is 5.70. The summed E-state index contributed by atoms with van der Waals surface area (Å²) in [6.45, 7) is 0.596. The average molecular weight is 273 g/mol. The van der Waals surface area contributed by atoms with Gasteiger partial charge in [-0.15, -0.1) is 13.2 Å². The lowest BCUT2D eigenvalue weighted by Crippen LogP contribution is -2.34. The molecule has 1 fully saturated rings. The smallest absolute Gasteiger partial charge is 0.406 e. The number of fused-ring (bicyclic) bond motifs is 2. The van der Waals surface area contributed by atoms with Crippen molar-refractivity contribution in [3.05, 3.63) is 23.8 Å². The third-order valence-electron chi connectivity index (χ3n) is 3.44. The molecule has 3 rings (SSSR count). The first kappa shape index (κ1) is 12.3. The SMILES string of the molecule is O=C1Nc2ccc(OC(F)(F)F)cc2C12CCOC2. The van der Waals surface area contributed by atoms with Crippen LogP contribution in [0.3, 0.4) is 0 Å². The fourth-order valence-corrected chi connectivity index (χ4v) is 2.55. The number of ether oxygens (including phenoxy) is 2. The van der Waals surface area contributed by atoms with Crippen molar-refractivity contribution < 1.29 is 27.4 Å². The fourth-order valence-electron chi connectivity index (χ4n) is 2.55. The molecule has 4 nitrogen and oxygen atoms in total. The van der Waals surface area contributed by atoms with E-state index in [-0.39, 0.29) is 18.3 Å². The first-order chi connectivity index (χ1) is 8.91. The lowest BCUT2D eigenvalue weighted by molar-refractivity contribution is -0.274. The number of hydrogen-bond donors (Lipinski definition) is 1. The quantitative estimate of drug-likeness (QED) is 0.853. The van der Waals surface area contributed by atoms with E-state index in [1.807, 2.05) is 0 Å². The molecule has 1 unspecified atom stereocenters. The number of benzene rings is 1. The van der Waals surface area contributed by atoms with Gasteiger partial charge in [0.2, 0.25) is 5.91 Å². The Kier molecular flexibility index (Phi) is 2.50. The predicted molar refractivity (Wildman–Crippen MR) is 58.9 cm³/mol. The van der Waals surface area contributed by atoms with Gasteiger partial charge >= 0.3 is 6.36 Å². The molecule has 1 saturated heterocycles. The van der Waals surface area contributed by atoms with E-state index < -0.39 is 11.8 Å². The predicted octanol–water partition coefficient (Wildman–Crippen LogP) is 2.20. The summed E-state index contributed by atoms with van der Waals surface area (Å²) in [6, 6.07) is 3.86. The molecule has 1 amide bonds. The van der Waals surface area contributed by atoms with Gasteiger partial charge in [0.1, 0.15) is 11.2 Å². The molecule has 0 radical (unpaired) electrons. The molecule has 19 heavy (non-hydrogen) atoms. The number of amides is 1. The second-order valence-corrected chi connectivity index (χ2v) is 4.59. The van der Waals surface area contributed by atoms with E-state index >= 15 is 0 Å². The van der Waals surface area contributed by atoms with Crippen LogP contribution in [0.15, 0.2) is 18.2 Å². The third-order valence-corrected chi connectivity index (χ3v) is 3.44. The zero-order valence-corrected chi connectivity index (χ0v) is 9.71. The Bertz CT molecular complexity index is 536. The minimum atomic E-state index is -4.75. The maximum absolute atomic E-state index is 12.2. The van der Waals surface area contributed by atoms with E-state index in [1.54, 1.807) is 0 Å². The molecule has 2 aliphatic heterocycles. The van der Waals surface area contributed by atoms with Crippen LogP contribution in [0.4, 0.5) is 18.9 Å². The molecule has 102 valence electrons. The highest BCUT2D eigenvalue weighted by atomic mass is 19.4. The van der Waals surface area contributed by atoms with Crippen LogP contribution in [0.25, 0.3) is 0 Å². The molecule has 1 N–H and O–H groups in total. The van der Waals surface area contributed by atoms with Crippen molar-refractivity contribution in [3.8, 4) is 5.75 Å². The number of carbonyl (C=O) groups is 1. The molecular formula is C12H10F3NO3. The van der Waals surface area contributed by atoms with E-state index in [9.17, 15) is 18.0 Å². The molecule has 1 atom stereocenters. The van der Waals surface area contributed by atoms with Crippen LogP contribution >= 0.6 is 0 Å². The summed E-state index contributed by atoms with van der Waals surface area (Å²) in [5, 5.41) is 2.66. The number of anilines is 1. The van der Waals surface area contributed by atoms with E-state index in [0.29, 0.717) is 24.3 Å². The zero-order valence-electron chi connectivity index (χ0n) is 9.71. The largest absolute Gasteiger partial charge is 0.573 e.